The molecule has 0 bridgehead atoms. The zero-order valence-corrected chi connectivity index (χ0v) is 12.1. The van der Waals surface area contributed by atoms with Crippen molar-refractivity contribution in [3.8, 4) is 0 Å². The summed E-state index contributed by atoms with van der Waals surface area (Å²) in [4.78, 5) is 23.0. The molecular weight excluding hydrogens is 238 g/mol. The molecule has 0 aliphatic heterocycles. The minimum absolute atomic E-state index is 0.0572. The highest BCUT2D eigenvalue weighted by Crippen LogP contribution is 2.23. The van der Waals surface area contributed by atoms with Crippen LogP contribution in [-0.2, 0) is 14.3 Å². The molecule has 0 spiro atoms. The van der Waals surface area contributed by atoms with Gasteiger partial charge in [-0.25, -0.2) is 4.79 Å². The number of carbonyl (C=O) groups excluding carboxylic acids is 2. The summed E-state index contributed by atoms with van der Waals surface area (Å²) in [6.45, 7) is 10.1. The van der Waals surface area contributed by atoms with Crippen LogP contribution in [0.4, 0.5) is 0 Å². The van der Waals surface area contributed by atoms with E-state index in [1.54, 1.807) is 25.6 Å². The van der Waals surface area contributed by atoms with E-state index in [1.165, 1.54) is 0 Å². The van der Waals surface area contributed by atoms with E-state index < -0.39 is 6.04 Å². The molecule has 0 aliphatic rings. The largest absolute Gasteiger partial charge is 0.464 e. The van der Waals surface area contributed by atoms with Crippen LogP contribution in [0, 0.1) is 0 Å². The summed E-state index contributed by atoms with van der Waals surface area (Å²) in [7, 11) is 0. The maximum atomic E-state index is 11.7. The second-order valence-corrected chi connectivity index (χ2v) is 6.50. The Morgan fingerprint density at radius 2 is 1.88 bits per heavy atom. The number of ether oxygens (including phenoxy) is 1. The van der Waals surface area contributed by atoms with E-state index in [-0.39, 0.29) is 16.6 Å². The molecule has 0 aromatic carbocycles. The second kappa shape index (κ2) is 7.58. The number of carbonyl (C=O) groups is 2. The molecule has 4 nitrogen and oxygen atoms in total. The van der Waals surface area contributed by atoms with Crippen LogP contribution in [0.25, 0.3) is 0 Å². The van der Waals surface area contributed by atoms with Gasteiger partial charge in [-0.2, -0.15) is 11.8 Å². The van der Waals surface area contributed by atoms with Gasteiger partial charge in [0.05, 0.1) is 6.61 Å². The van der Waals surface area contributed by atoms with E-state index in [4.69, 9.17) is 4.74 Å². The topological polar surface area (TPSA) is 55.4 Å². The van der Waals surface area contributed by atoms with E-state index >= 15 is 0 Å². The van der Waals surface area contributed by atoms with Crippen molar-refractivity contribution in [1.82, 2.24) is 5.32 Å². The van der Waals surface area contributed by atoms with Crippen molar-refractivity contribution < 1.29 is 14.3 Å². The molecule has 0 saturated carbocycles. The molecule has 100 valence electrons. The van der Waals surface area contributed by atoms with Gasteiger partial charge >= 0.3 is 5.97 Å². The molecule has 1 amide bonds. The van der Waals surface area contributed by atoms with Crippen molar-refractivity contribution in [3.63, 3.8) is 0 Å². The van der Waals surface area contributed by atoms with E-state index in [9.17, 15) is 9.59 Å². The molecule has 17 heavy (non-hydrogen) atoms. The summed E-state index contributed by atoms with van der Waals surface area (Å²) in [5.41, 5.74) is 0. The summed E-state index contributed by atoms with van der Waals surface area (Å²) in [5.74, 6) is 0.0530. The van der Waals surface area contributed by atoms with Crippen molar-refractivity contribution in [2.75, 3.05) is 12.4 Å². The number of rotatable bonds is 6. The molecule has 0 saturated heterocycles. The van der Waals surface area contributed by atoms with Gasteiger partial charge in [-0.05, 0) is 6.92 Å². The summed E-state index contributed by atoms with van der Waals surface area (Å²) in [5, 5.41) is 2.69. The van der Waals surface area contributed by atoms with Gasteiger partial charge in [0.25, 0.3) is 0 Å². The van der Waals surface area contributed by atoms with Gasteiger partial charge in [0, 0.05) is 16.9 Å². The van der Waals surface area contributed by atoms with Gasteiger partial charge in [-0.3, -0.25) is 4.79 Å². The molecular formula is C12H23NO3S. The van der Waals surface area contributed by atoms with Crippen LogP contribution in [0.15, 0.2) is 0 Å². The summed E-state index contributed by atoms with van der Waals surface area (Å²) < 4.78 is 5.00. The maximum absolute atomic E-state index is 11.7. The first-order valence-corrected chi connectivity index (χ1v) is 6.88. The Kier molecular flexibility index (Phi) is 7.27. The predicted molar refractivity (Wildman–Crippen MR) is 71.1 cm³/mol. The van der Waals surface area contributed by atoms with Crippen LogP contribution in [-0.4, -0.2) is 35.0 Å². The molecule has 0 aromatic rings. The molecule has 1 atom stereocenters. The van der Waals surface area contributed by atoms with Crippen LogP contribution in [0.2, 0.25) is 0 Å². The Bertz CT molecular complexity index is 261. The smallest absolute Gasteiger partial charge is 0.329 e. The molecule has 5 heteroatoms. The van der Waals surface area contributed by atoms with Crippen molar-refractivity contribution in [2.45, 2.75) is 51.8 Å². The lowest BCUT2D eigenvalue weighted by atomic mass is 10.3. The van der Waals surface area contributed by atoms with Crippen molar-refractivity contribution in [3.05, 3.63) is 0 Å². The van der Waals surface area contributed by atoms with E-state index in [0.29, 0.717) is 18.8 Å². The van der Waals surface area contributed by atoms with Gasteiger partial charge < -0.3 is 10.1 Å². The maximum Gasteiger partial charge on any atom is 0.329 e. The lowest BCUT2D eigenvalue weighted by Crippen LogP contribution is -2.44. The van der Waals surface area contributed by atoms with Crippen LogP contribution < -0.4 is 5.32 Å². The minimum Gasteiger partial charge on any atom is -0.464 e. The first-order valence-electron chi connectivity index (χ1n) is 5.90. The lowest BCUT2D eigenvalue weighted by Gasteiger charge is -2.22. The quantitative estimate of drug-likeness (QED) is 0.743. The molecule has 0 aliphatic carbocycles. The third-order valence-electron chi connectivity index (χ3n) is 1.91. The molecule has 0 heterocycles. The SMILES string of the molecule is CCOC(=O)[C@H](CSC(C)(C)C)NC(=O)CC. The van der Waals surface area contributed by atoms with Gasteiger partial charge in [-0.1, -0.05) is 27.7 Å². The molecule has 0 radical (unpaired) electrons. The number of thioether (sulfide) groups is 1. The van der Waals surface area contributed by atoms with Crippen molar-refractivity contribution in [2.24, 2.45) is 0 Å². The molecule has 0 fully saturated rings. The van der Waals surface area contributed by atoms with E-state index in [2.05, 4.69) is 26.1 Å². The zero-order valence-electron chi connectivity index (χ0n) is 11.3. The first-order chi connectivity index (χ1) is 7.80. The normalized spacial score (nSPS) is 13.0. The Labute approximate surface area is 108 Å². The standard InChI is InChI=1S/C12H23NO3S/c1-6-10(14)13-9(11(15)16-7-2)8-17-12(3,4)5/h9H,6-8H2,1-5H3,(H,13,14)/t9-/m0/s1. The second-order valence-electron chi connectivity index (χ2n) is 4.65. The Morgan fingerprint density at radius 1 is 1.29 bits per heavy atom. The summed E-state index contributed by atoms with van der Waals surface area (Å²) in [6, 6.07) is -0.549. The Hall–Kier alpha value is -0.710. The van der Waals surface area contributed by atoms with E-state index in [0.717, 1.165) is 0 Å². The number of amides is 1. The highest BCUT2D eigenvalue weighted by molar-refractivity contribution is 8.00. The monoisotopic (exact) mass is 261 g/mol. The fourth-order valence-corrected chi connectivity index (χ4v) is 1.93. The van der Waals surface area contributed by atoms with Gasteiger partial charge in [0.1, 0.15) is 6.04 Å². The molecule has 0 unspecified atom stereocenters. The number of esters is 1. The summed E-state index contributed by atoms with van der Waals surface area (Å²) in [6.07, 6.45) is 0.371. The molecule has 1 N–H and O–H groups in total. The van der Waals surface area contributed by atoms with Crippen LogP contribution in [0.1, 0.15) is 41.0 Å². The number of nitrogens with one attached hydrogen (secondary N) is 1. The number of hydrogen-bond donors (Lipinski definition) is 1. The number of hydrogen-bond acceptors (Lipinski definition) is 4. The Balaban J connectivity index is 4.40. The van der Waals surface area contributed by atoms with Gasteiger partial charge in [-0.15, -0.1) is 0 Å². The van der Waals surface area contributed by atoms with Crippen LogP contribution in [0.5, 0.6) is 0 Å². The highest BCUT2D eigenvalue weighted by atomic mass is 32.2. The third-order valence-corrected chi connectivity index (χ3v) is 3.28. The van der Waals surface area contributed by atoms with Crippen LogP contribution >= 0.6 is 11.8 Å². The molecule has 0 rings (SSSR count). The lowest BCUT2D eigenvalue weighted by molar-refractivity contribution is -0.146. The predicted octanol–water partition coefficient (Wildman–Crippen LogP) is 1.98. The first kappa shape index (κ1) is 16.3. The fraction of sp³-hybridized carbons (Fsp3) is 0.833. The van der Waals surface area contributed by atoms with E-state index in [1.807, 2.05) is 0 Å². The summed E-state index contributed by atoms with van der Waals surface area (Å²) >= 11 is 1.63. The van der Waals surface area contributed by atoms with Gasteiger partial charge in [0.2, 0.25) is 5.91 Å². The highest BCUT2D eigenvalue weighted by Gasteiger charge is 2.24. The average Bonchev–Trinajstić information content (AvgIpc) is 2.22. The van der Waals surface area contributed by atoms with Crippen molar-refractivity contribution >= 4 is 23.6 Å². The third kappa shape index (κ3) is 8.07. The molecule has 0 aromatic heterocycles. The minimum atomic E-state index is -0.549. The van der Waals surface area contributed by atoms with Crippen LogP contribution in [0.3, 0.4) is 0 Å². The Morgan fingerprint density at radius 3 is 2.29 bits per heavy atom. The van der Waals surface area contributed by atoms with Gasteiger partial charge in [0.15, 0.2) is 0 Å². The van der Waals surface area contributed by atoms with Crippen molar-refractivity contribution in [1.29, 1.82) is 0 Å². The average molecular weight is 261 g/mol. The fourth-order valence-electron chi connectivity index (χ4n) is 1.04. The zero-order chi connectivity index (χ0) is 13.5.